The normalized spacial score (nSPS) is 11.0. The van der Waals surface area contributed by atoms with Crippen LogP contribution in [0.15, 0.2) is 12.4 Å². The molecule has 1 aromatic rings. The number of aromatic nitrogens is 2. The summed E-state index contributed by atoms with van der Waals surface area (Å²) in [5.74, 6) is -0.300. The van der Waals surface area contributed by atoms with E-state index in [1.54, 1.807) is 4.68 Å². The standard InChI is InChI=1S/C22H38N2O3/c1-24-19-20(18-23-24)16-17-21(25)14-12-10-8-6-4-2-3-5-7-9-11-13-15-22(26)27/h18-19H,2-17H2,1H3,(H,26,27). The highest BCUT2D eigenvalue weighted by atomic mass is 16.4. The summed E-state index contributed by atoms with van der Waals surface area (Å²) in [4.78, 5) is 22.3. The summed E-state index contributed by atoms with van der Waals surface area (Å²) in [6.07, 6.45) is 20.5. The second kappa shape index (κ2) is 15.4. The van der Waals surface area contributed by atoms with Gasteiger partial charge in [0.25, 0.3) is 0 Å². The Balaban J connectivity index is 1.78. The van der Waals surface area contributed by atoms with Crippen LogP contribution in [-0.4, -0.2) is 26.6 Å². The Morgan fingerprint density at radius 3 is 1.74 bits per heavy atom. The maximum atomic E-state index is 11.9. The molecule has 0 fully saturated rings. The van der Waals surface area contributed by atoms with Gasteiger partial charge in [-0.25, -0.2) is 0 Å². The highest BCUT2D eigenvalue weighted by Gasteiger charge is 2.04. The summed E-state index contributed by atoms with van der Waals surface area (Å²) < 4.78 is 1.78. The van der Waals surface area contributed by atoms with Crippen LogP contribution in [0.2, 0.25) is 0 Å². The van der Waals surface area contributed by atoms with E-state index >= 15 is 0 Å². The summed E-state index contributed by atoms with van der Waals surface area (Å²) in [5, 5.41) is 12.7. The van der Waals surface area contributed by atoms with Gasteiger partial charge < -0.3 is 5.11 Å². The van der Waals surface area contributed by atoms with Crippen LogP contribution in [0.25, 0.3) is 0 Å². The van der Waals surface area contributed by atoms with Crippen molar-refractivity contribution in [2.45, 2.75) is 103 Å². The first-order chi connectivity index (χ1) is 13.1. The number of hydrogen-bond acceptors (Lipinski definition) is 3. The van der Waals surface area contributed by atoms with Crippen LogP contribution in [-0.2, 0) is 23.1 Å². The zero-order chi connectivity index (χ0) is 19.7. The van der Waals surface area contributed by atoms with Gasteiger partial charge in [-0.3, -0.25) is 14.3 Å². The molecule has 0 aliphatic carbocycles. The lowest BCUT2D eigenvalue weighted by atomic mass is 10.0. The summed E-state index contributed by atoms with van der Waals surface area (Å²) >= 11 is 0. The Morgan fingerprint density at radius 2 is 1.30 bits per heavy atom. The molecule has 0 amide bonds. The second-order valence-electron chi connectivity index (χ2n) is 7.70. The molecule has 1 N–H and O–H groups in total. The van der Waals surface area contributed by atoms with E-state index in [0.29, 0.717) is 18.6 Å². The minimum atomic E-state index is -0.677. The van der Waals surface area contributed by atoms with Crippen molar-refractivity contribution in [2.24, 2.45) is 7.05 Å². The van der Waals surface area contributed by atoms with Crippen molar-refractivity contribution in [2.75, 3.05) is 0 Å². The van der Waals surface area contributed by atoms with Gasteiger partial charge in [-0.05, 0) is 24.8 Å². The number of carboxylic acids is 1. The minimum Gasteiger partial charge on any atom is -0.481 e. The molecule has 5 heteroatoms. The predicted molar refractivity (Wildman–Crippen MR) is 109 cm³/mol. The number of rotatable bonds is 18. The molecule has 0 saturated carbocycles. The number of aryl methyl sites for hydroxylation is 2. The SMILES string of the molecule is Cn1cc(CCC(=O)CCCCCCCCCCCCCCC(=O)O)cn1. The number of carbonyl (C=O) groups is 2. The Hall–Kier alpha value is -1.65. The van der Waals surface area contributed by atoms with Gasteiger partial charge in [-0.15, -0.1) is 0 Å². The second-order valence-corrected chi connectivity index (χ2v) is 7.70. The van der Waals surface area contributed by atoms with E-state index in [1.165, 1.54) is 57.8 Å². The third-order valence-corrected chi connectivity index (χ3v) is 5.05. The average Bonchev–Trinajstić information content (AvgIpc) is 3.05. The van der Waals surface area contributed by atoms with Gasteiger partial charge in [-0.2, -0.15) is 5.10 Å². The van der Waals surface area contributed by atoms with Gasteiger partial charge in [0.05, 0.1) is 6.20 Å². The molecular formula is C22H38N2O3. The van der Waals surface area contributed by atoms with E-state index in [2.05, 4.69) is 5.10 Å². The van der Waals surface area contributed by atoms with Crippen molar-refractivity contribution in [3.05, 3.63) is 18.0 Å². The summed E-state index contributed by atoms with van der Waals surface area (Å²) in [6.45, 7) is 0. The van der Waals surface area contributed by atoms with Crippen molar-refractivity contribution < 1.29 is 14.7 Å². The molecule has 0 radical (unpaired) electrons. The molecule has 0 bridgehead atoms. The van der Waals surface area contributed by atoms with Gasteiger partial charge in [-0.1, -0.05) is 64.2 Å². The highest BCUT2D eigenvalue weighted by molar-refractivity contribution is 5.78. The van der Waals surface area contributed by atoms with Crippen LogP contribution in [0, 0.1) is 0 Å². The van der Waals surface area contributed by atoms with E-state index in [4.69, 9.17) is 5.11 Å². The summed E-state index contributed by atoms with van der Waals surface area (Å²) in [5.41, 5.74) is 1.14. The van der Waals surface area contributed by atoms with E-state index in [1.807, 2.05) is 19.4 Å². The fourth-order valence-electron chi connectivity index (χ4n) is 3.38. The molecule has 0 atom stereocenters. The maximum Gasteiger partial charge on any atom is 0.303 e. The number of carbonyl (C=O) groups excluding carboxylic acids is 1. The number of unbranched alkanes of at least 4 members (excludes halogenated alkanes) is 11. The van der Waals surface area contributed by atoms with E-state index < -0.39 is 5.97 Å². The lowest BCUT2D eigenvalue weighted by Gasteiger charge is -2.03. The number of carboxylic acid groups (broad SMARTS) is 1. The molecule has 154 valence electrons. The van der Waals surface area contributed by atoms with Crippen molar-refractivity contribution in [1.29, 1.82) is 0 Å². The monoisotopic (exact) mass is 378 g/mol. The zero-order valence-electron chi connectivity index (χ0n) is 17.1. The van der Waals surface area contributed by atoms with Crippen LogP contribution in [0.4, 0.5) is 0 Å². The van der Waals surface area contributed by atoms with E-state index in [9.17, 15) is 9.59 Å². The van der Waals surface area contributed by atoms with Gasteiger partial charge in [0, 0.05) is 32.5 Å². The van der Waals surface area contributed by atoms with Crippen molar-refractivity contribution in [3.63, 3.8) is 0 Å². The molecule has 1 heterocycles. The Morgan fingerprint density at radius 1 is 0.815 bits per heavy atom. The van der Waals surface area contributed by atoms with Crippen LogP contribution in [0.5, 0.6) is 0 Å². The van der Waals surface area contributed by atoms with Crippen molar-refractivity contribution >= 4 is 11.8 Å². The van der Waals surface area contributed by atoms with Crippen LogP contribution in [0.3, 0.4) is 0 Å². The van der Waals surface area contributed by atoms with Crippen molar-refractivity contribution in [1.82, 2.24) is 9.78 Å². The first-order valence-corrected chi connectivity index (χ1v) is 10.8. The smallest absolute Gasteiger partial charge is 0.303 e. The Bertz CT molecular complexity index is 525. The molecule has 0 aliphatic rings. The lowest BCUT2D eigenvalue weighted by Crippen LogP contribution is -1.99. The van der Waals surface area contributed by atoms with E-state index in [-0.39, 0.29) is 0 Å². The van der Waals surface area contributed by atoms with Gasteiger partial charge in [0.15, 0.2) is 0 Å². The third-order valence-electron chi connectivity index (χ3n) is 5.05. The van der Waals surface area contributed by atoms with E-state index in [0.717, 1.165) is 37.7 Å². The molecule has 0 saturated heterocycles. The lowest BCUT2D eigenvalue weighted by molar-refractivity contribution is -0.137. The molecule has 0 spiro atoms. The first kappa shape index (κ1) is 23.4. The average molecular weight is 379 g/mol. The zero-order valence-corrected chi connectivity index (χ0v) is 17.1. The fourth-order valence-corrected chi connectivity index (χ4v) is 3.38. The van der Waals surface area contributed by atoms with Crippen LogP contribution < -0.4 is 0 Å². The number of ketones is 1. The third kappa shape index (κ3) is 14.1. The minimum absolute atomic E-state index is 0.316. The quantitative estimate of drug-likeness (QED) is 0.344. The number of Topliss-reactive ketones (excluding diaryl/α,β-unsaturated/α-hetero) is 1. The molecular weight excluding hydrogens is 340 g/mol. The molecule has 1 aromatic heterocycles. The molecule has 1 rings (SSSR count). The number of hydrogen-bond donors (Lipinski definition) is 1. The highest BCUT2D eigenvalue weighted by Crippen LogP contribution is 2.13. The van der Waals surface area contributed by atoms with Crippen LogP contribution >= 0.6 is 0 Å². The number of nitrogens with zero attached hydrogens (tertiary/aromatic N) is 2. The summed E-state index contributed by atoms with van der Waals surface area (Å²) in [6, 6.07) is 0. The molecule has 5 nitrogen and oxygen atoms in total. The Kier molecular flexibility index (Phi) is 13.4. The molecule has 27 heavy (non-hydrogen) atoms. The molecule has 0 aromatic carbocycles. The van der Waals surface area contributed by atoms with Crippen LogP contribution in [0.1, 0.15) is 102 Å². The first-order valence-electron chi connectivity index (χ1n) is 10.8. The molecule has 0 unspecified atom stereocenters. The fraction of sp³-hybridized carbons (Fsp3) is 0.773. The van der Waals surface area contributed by atoms with Gasteiger partial charge >= 0.3 is 5.97 Å². The summed E-state index contributed by atoms with van der Waals surface area (Å²) in [7, 11) is 1.90. The predicted octanol–water partition coefficient (Wildman–Crippen LogP) is 5.47. The van der Waals surface area contributed by atoms with Gasteiger partial charge in [0.1, 0.15) is 5.78 Å². The maximum absolute atomic E-state index is 11.9. The molecule has 0 aliphatic heterocycles. The Labute approximate surface area is 164 Å². The van der Waals surface area contributed by atoms with Crippen molar-refractivity contribution in [3.8, 4) is 0 Å². The van der Waals surface area contributed by atoms with Gasteiger partial charge in [0.2, 0.25) is 0 Å². The largest absolute Gasteiger partial charge is 0.481 e. The number of aliphatic carboxylic acids is 1. The topological polar surface area (TPSA) is 72.2 Å².